The maximum absolute atomic E-state index is 12.1. The maximum atomic E-state index is 12.1. The van der Waals surface area contributed by atoms with Crippen LogP contribution in [0.15, 0.2) is 44.4 Å². The van der Waals surface area contributed by atoms with Gasteiger partial charge in [-0.3, -0.25) is 19.6 Å². The fourth-order valence-corrected chi connectivity index (χ4v) is 2.55. The summed E-state index contributed by atoms with van der Waals surface area (Å²) in [5.74, 6) is -1.26. The van der Waals surface area contributed by atoms with E-state index in [0.717, 1.165) is 0 Å². The Morgan fingerprint density at radius 3 is 2.52 bits per heavy atom. The van der Waals surface area contributed by atoms with Gasteiger partial charge < -0.3 is 10.8 Å². The van der Waals surface area contributed by atoms with Gasteiger partial charge in [0.15, 0.2) is 5.78 Å². The molecule has 1 aromatic carbocycles. The Balaban J connectivity index is 2.37. The zero-order valence-electron chi connectivity index (χ0n) is 12.7. The van der Waals surface area contributed by atoms with Crippen LogP contribution in [0.25, 0.3) is 5.70 Å². The fourth-order valence-electron chi connectivity index (χ4n) is 2.55. The molecule has 0 saturated carbocycles. The summed E-state index contributed by atoms with van der Waals surface area (Å²) in [4.78, 5) is 43.6. The third kappa shape index (κ3) is 2.56. The minimum atomic E-state index is -0.870. The van der Waals surface area contributed by atoms with Crippen molar-refractivity contribution in [3.05, 3.63) is 67.4 Å². The van der Waals surface area contributed by atoms with E-state index in [1.54, 1.807) is 30.3 Å². The van der Waals surface area contributed by atoms with Gasteiger partial charge in [-0.25, -0.2) is 9.79 Å². The van der Waals surface area contributed by atoms with Crippen LogP contribution in [0, 0.1) is 11.3 Å². The highest BCUT2D eigenvalue weighted by Crippen LogP contribution is 2.33. The number of carbonyl (C=O) groups is 1. The molecule has 0 unspecified atom stereocenters. The van der Waals surface area contributed by atoms with Gasteiger partial charge in [0.1, 0.15) is 17.2 Å². The number of nitrogens with two attached hydrogens (primary N) is 1. The standard InChI is InChI=1S/C16H11N5O4/c17-5-9(10(22)6-18)12-7-3-1-2-4-8(7)13(19-12)11-14(23)20-16(25)21-15(11)24/h1-4H,6,18H2,(H3,20,21,23,24,25)/b12-9-. The fraction of sp³-hybridized carbons (Fsp3) is 0.0625. The van der Waals surface area contributed by atoms with E-state index in [0.29, 0.717) is 11.1 Å². The molecule has 1 aliphatic heterocycles. The molecular weight excluding hydrogens is 326 g/mol. The van der Waals surface area contributed by atoms with Crippen molar-refractivity contribution >= 4 is 17.2 Å². The summed E-state index contributed by atoms with van der Waals surface area (Å²) < 4.78 is 0. The second-order valence-electron chi connectivity index (χ2n) is 5.10. The van der Waals surface area contributed by atoms with Crippen LogP contribution >= 0.6 is 0 Å². The van der Waals surface area contributed by atoms with Crippen LogP contribution in [0.5, 0.6) is 5.88 Å². The van der Waals surface area contributed by atoms with E-state index < -0.39 is 22.9 Å². The van der Waals surface area contributed by atoms with E-state index in [4.69, 9.17) is 5.73 Å². The molecule has 1 aliphatic rings. The average Bonchev–Trinajstić information content (AvgIpc) is 2.94. The molecule has 9 nitrogen and oxygen atoms in total. The number of aromatic amines is 2. The number of hydrogen-bond donors (Lipinski definition) is 4. The number of nitrogens with one attached hydrogen (secondary N) is 2. The molecule has 0 spiro atoms. The van der Waals surface area contributed by atoms with Gasteiger partial charge in [-0.15, -0.1) is 0 Å². The van der Waals surface area contributed by atoms with E-state index in [2.05, 4.69) is 9.98 Å². The monoisotopic (exact) mass is 337 g/mol. The van der Waals surface area contributed by atoms with Crippen LogP contribution in [-0.4, -0.2) is 33.1 Å². The van der Waals surface area contributed by atoms with Crippen molar-refractivity contribution < 1.29 is 9.90 Å². The van der Waals surface area contributed by atoms with Crippen LogP contribution < -0.4 is 17.0 Å². The molecule has 0 fully saturated rings. The molecule has 124 valence electrons. The Morgan fingerprint density at radius 1 is 1.24 bits per heavy atom. The number of rotatable bonds is 3. The molecule has 9 heteroatoms. The average molecular weight is 337 g/mol. The maximum Gasteiger partial charge on any atom is 0.328 e. The third-order valence-electron chi connectivity index (χ3n) is 3.63. The first-order valence-electron chi connectivity index (χ1n) is 7.10. The van der Waals surface area contributed by atoms with Crippen molar-refractivity contribution in [2.75, 3.05) is 6.54 Å². The molecule has 0 atom stereocenters. The van der Waals surface area contributed by atoms with Gasteiger partial charge in [0, 0.05) is 11.1 Å². The lowest BCUT2D eigenvalue weighted by atomic mass is 9.98. The largest absolute Gasteiger partial charge is 0.494 e. The van der Waals surface area contributed by atoms with Crippen LogP contribution in [0.1, 0.15) is 16.7 Å². The molecule has 5 N–H and O–H groups in total. The zero-order valence-corrected chi connectivity index (χ0v) is 12.7. The third-order valence-corrected chi connectivity index (χ3v) is 3.63. The van der Waals surface area contributed by atoms with Gasteiger partial charge >= 0.3 is 5.69 Å². The molecule has 0 amide bonds. The number of nitriles is 1. The molecule has 0 bridgehead atoms. The molecular formula is C16H11N5O4. The van der Waals surface area contributed by atoms with E-state index in [1.807, 2.05) is 4.98 Å². The summed E-state index contributed by atoms with van der Waals surface area (Å²) in [7, 11) is 0. The van der Waals surface area contributed by atoms with Crippen LogP contribution in [0.2, 0.25) is 0 Å². The van der Waals surface area contributed by atoms with Gasteiger partial charge in [-0.05, 0) is 0 Å². The van der Waals surface area contributed by atoms with Gasteiger partial charge in [0.05, 0.1) is 18.0 Å². The smallest absolute Gasteiger partial charge is 0.328 e. The minimum absolute atomic E-state index is 0.0400. The number of Topliss-reactive ketones (excluding diaryl/α,β-unsaturated/α-hetero) is 1. The Bertz CT molecular complexity index is 1110. The Morgan fingerprint density at radius 2 is 1.92 bits per heavy atom. The first-order chi connectivity index (χ1) is 12.0. The SMILES string of the molecule is N#C/C(C(=O)CN)=C1/N=C(c2c(O)[nH]c(=O)[nH]c2=O)c2ccccc21. The van der Waals surface area contributed by atoms with Crippen molar-refractivity contribution in [2.24, 2.45) is 10.7 Å². The number of H-pyrrole nitrogens is 2. The lowest BCUT2D eigenvalue weighted by Crippen LogP contribution is -2.27. The number of fused-ring (bicyclic) bond motifs is 1. The Kier molecular flexibility index (Phi) is 3.88. The minimum Gasteiger partial charge on any atom is -0.494 e. The molecule has 1 aromatic heterocycles. The molecule has 3 rings (SSSR count). The number of aromatic hydroxyl groups is 1. The summed E-state index contributed by atoms with van der Waals surface area (Å²) in [5, 5.41) is 19.3. The van der Waals surface area contributed by atoms with Crippen molar-refractivity contribution in [3.63, 3.8) is 0 Å². The van der Waals surface area contributed by atoms with Crippen molar-refractivity contribution in [1.82, 2.24) is 9.97 Å². The highest BCUT2D eigenvalue weighted by molar-refractivity contribution is 6.23. The van der Waals surface area contributed by atoms with Gasteiger partial charge in [-0.1, -0.05) is 24.3 Å². The number of aromatic nitrogens is 2. The van der Waals surface area contributed by atoms with Crippen LogP contribution in [-0.2, 0) is 4.79 Å². The zero-order chi connectivity index (χ0) is 18.1. The number of ketones is 1. The van der Waals surface area contributed by atoms with E-state index in [9.17, 15) is 24.8 Å². The molecule has 2 heterocycles. The quantitative estimate of drug-likeness (QED) is 0.430. The first kappa shape index (κ1) is 16.1. The molecule has 25 heavy (non-hydrogen) atoms. The number of benzene rings is 1. The summed E-state index contributed by atoms with van der Waals surface area (Å²) in [6, 6.07) is 8.37. The predicted molar refractivity (Wildman–Crippen MR) is 88.0 cm³/mol. The second-order valence-corrected chi connectivity index (χ2v) is 5.10. The van der Waals surface area contributed by atoms with E-state index in [1.165, 1.54) is 0 Å². The highest BCUT2D eigenvalue weighted by Gasteiger charge is 2.29. The highest BCUT2D eigenvalue weighted by atomic mass is 16.3. The lowest BCUT2D eigenvalue weighted by molar-refractivity contribution is -0.113. The predicted octanol–water partition coefficient (Wildman–Crippen LogP) is -0.618. The summed E-state index contributed by atoms with van der Waals surface area (Å²) in [6.07, 6.45) is 0. The number of aliphatic imine (C=N–C) groups is 1. The molecule has 2 aromatic rings. The number of carbonyl (C=O) groups excluding carboxylic acids is 1. The van der Waals surface area contributed by atoms with E-state index in [-0.39, 0.29) is 29.1 Å². The van der Waals surface area contributed by atoms with Crippen molar-refractivity contribution in [3.8, 4) is 11.9 Å². The summed E-state index contributed by atoms with van der Waals surface area (Å²) in [5.41, 5.74) is 4.08. The van der Waals surface area contributed by atoms with E-state index >= 15 is 0 Å². The summed E-state index contributed by atoms with van der Waals surface area (Å²) in [6.45, 7) is -0.371. The first-order valence-corrected chi connectivity index (χ1v) is 7.10. The normalized spacial score (nSPS) is 14.5. The molecule has 0 radical (unpaired) electrons. The lowest BCUT2D eigenvalue weighted by Gasteiger charge is -2.04. The summed E-state index contributed by atoms with van der Waals surface area (Å²) >= 11 is 0. The molecule has 0 saturated heterocycles. The second kappa shape index (κ2) is 6.03. The van der Waals surface area contributed by atoms with Gasteiger partial charge in [-0.2, -0.15) is 5.26 Å². The van der Waals surface area contributed by atoms with Crippen LogP contribution in [0.3, 0.4) is 0 Å². The van der Waals surface area contributed by atoms with Gasteiger partial charge in [0.2, 0.25) is 5.88 Å². The van der Waals surface area contributed by atoms with Crippen molar-refractivity contribution in [2.45, 2.75) is 0 Å². The Labute approximate surface area is 139 Å². The number of hydrogen-bond acceptors (Lipinski definition) is 7. The molecule has 0 aliphatic carbocycles. The van der Waals surface area contributed by atoms with Gasteiger partial charge in [0.25, 0.3) is 5.56 Å². The van der Waals surface area contributed by atoms with Crippen LogP contribution in [0.4, 0.5) is 0 Å². The Hall–Kier alpha value is -3.77. The van der Waals surface area contributed by atoms with Crippen molar-refractivity contribution in [1.29, 1.82) is 5.26 Å². The topological polar surface area (TPSA) is 165 Å². The number of nitrogens with zero attached hydrogens (tertiary/aromatic N) is 2.